The molecule has 2 fully saturated rings. The summed E-state index contributed by atoms with van der Waals surface area (Å²) in [5, 5.41) is 13.8. The molecular formula is C9H12N2O4. The molecule has 6 heteroatoms. The lowest BCUT2D eigenvalue weighted by atomic mass is 10.2. The number of rotatable bonds is 3. The molecule has 0 aromatic carbocycles. The largest absolute Gasteiger partial charge is 0.481 e. The quantitative estimate of drug-likeness (QED) is 0.542. The van der Waals surface area contributed by atoms with Gasteiger partial charge in [-0.3, -0.25) is 14.4 Å². The molecule has 0 bridgehead atoms. The van der Waals surface area contributed by atoms with Gasteiger partial charge in [0.2, 0.25) is 11.8 Å². The average Bonchev–Trinajstić information content (AvgIpc) is 2.88. The van der Waals surface area contributed by atoms with Crippen molar-refractivity contribution < 1.29 is 19.5 Å². The van der Waals surface area contributed by atoms with Crippen LogP contribution >= 0.6 is 0 Å². The highest BCUT2D eigenvalue weighted by atomic mass is 16.4. The van der Waals surface area contributed by atoms with Crippen molar-refractivity contribution in [3.8, 4) is 0 Å². The number of carboxylic acids is 1. The molecule has 1 saturated heterocycles. The molecule has 1 heterocycles. The van der Waals surface area contributed by atoms with Crippen molar-refractivity contribution in [3.05, 3.63) is 0 Å². The highest BCUT2D eigenvalue weighted by Gasteiger charge is 2.49. The first-order chi connectivity index (χ1) is 7.09. The molecule has 1 aliphatic carbocycles. The summed E-state index contributed by atoms with van der Waals surface area (Å²) < 4.78 is 0. The minimum Gasteiger partial charge on any atom is -0.481 e. The zero-order chi connectivity index (χ0) is 11.0. The van der Waals surface area contributed by atoms with Crippen molar-refractivity contribution in [2.45, 2.75) is 18.9 Å². The number of amides is 2. The SMILES string of the molecule is O=C1NCC[C@@H]1NC(=O)[C@H]1C[C@H]1C(=O)O. The number of carbonyl (C=O) groups is 3. The van der Waals surface area contributed by atoms with Crippen LogP contribution in [0.5, 0.6) is 0 Å². The maximum absolute atomic E-state index is 11.5. The van der Waals surface area contributed by atoms with Gasteiger partial charge in [-0.2, -0.15) is 0 Å². The molecule has 0 radical (unpaired) electrons. The summed E-state index contributed by atoms with van der Waals surface area (Å²) in [6, 6.07) is -0.479. The first-order valence-electron chi connectivity index (χ1n) is 4.90. The standard InChI is InChI=1S/C9H12N2O4/c12-7(4-3-5(4)9(14)15)11-6-1-2-10-8(6)13/h4-6H,1-3H2,(H,10,13)(H,11,12)(H,14,15)/t4-,5+,6-/m0/s1. The summed E-state index contributed by atoms with van der Waals surface area (Å²) in [4.78, 5) is 33.1. The molecular weight excluding hydrogens is 200 g/mol. The molecule has 2 aliphatic rings. The molecule has 0 unspecified atom stereocenters. The van der Waals surface area contributed by atoms with Crippen LogP contribution in [0.2, 0.25) is 0 Å². The van der Waals surface area contributed by atoms with Gasteiger partial charge in [0.05, 0.1) is 11.8 Å². The van der Waals surface area contributed by atoms with Crippen LogP contribution < -0.4 is 10.6 Å². The summed E-state index contributed by atoms with van der Waals surface area (Å²) in [6.07, 6.45) is 0.963. The lowest BCUT2D eigenvalue weighted by molar-refractivity contribution is -0.140. The van der Waals surface area contributed by atoms with Crippen molar-refractivity contribution in [1.29, 1.82) is 0 Å². The van der Waals surface area contributed by atoms with Gasteiger partial charge in [0.1, 0.15) is 6.04 Å². The van der Waals surface area contributed by atoms with Crippen LogP contribution in [-0.2, 0) is 14.4 Å². The lowest BCUT2D eigenvalue weighted by Crippen LogP contribution is -2.41. The number of carboxylic acid groups (broad SMARTS) is 1. The van der Waals surface area contributed by atoms with E-state index >= 15 is 0 Å². The summed E-state index contributed by atoms with van der Waals surface area (Å²) in [7, 11) is 0. The molecule has 1 aliphatic heterocycles. The minimum atomic E-state index is -0.939. The molecule has 3 atom stereocenters. The van der Waals surface area contributed by atoms with Crippen molar-refractivity contribution in [2.24, 2.45) is 11.8 Å². The number of carbonyl (C=O) groups excluding carboxylic acids is 2. The smallest absolute Gasteiger partial charge is 0.307 e. The third kappa shape index (κ3) is 1.93. The Morgan fingerprint density at radius 3 is 2.60 bits per heavy atom. The zero-order valence-corrected chi connectivity index (χ0v) is 8.03. The van der Waals surface area contributed by atoms with Gasteiger partial charge in [-0.25, -0.2) is 0 Å². The second-order valence-corrected chi connectivity index (χ2v) is 3.93. The van der Waals surface area contributed by atoms with Crippen molar-refractivity contribution in [2.75, 3.05) is 6.54 Å². The molecule has 15 heavy (non-hydrogen) atoms. The summed E-state index contributed by atoms with van der Waals surface area (Å²) in [5.74, 6) is -2.45. The van der Waals surface area contributed by atoms with E-state index in [2.05, 4.69) is 10.6 Å². The third-order valence-corrected chi connectivity index (χ3v) is 2.81. The number of nitrogens with one attached hydrogen (secondary N) is 2. The normalized spacial score (nSPS) is 33.3. The molecule has 2 rings (SSSR count). The minimum absolute atomic E-state index is 0.184. The van der Waals surface area contributed by atoms with Crippen molar-refractivity contribution in [3.63, 3.8) is 0 Å². The Labute approximate surface area is 86.0 Å². The molecule has 82 valence electrons. The maximum atomic E-state index is 11.5. The summed E-state index contributed by atoms with van der Waals surface area (Å²) >= 11 is 0. The fourth-order valence-corrected chi connectivity index (χ4v) is 1.77. The molecule has 0 aromatic heterocycles. The summed E-state index contributed by atoms with van der Waals surface area (Å²) in [5.41, 5.74) is 0. The van der Waals surface area contributed by atoms with E-state index in [9.17, 15) is 14.4 Å². The van der Waals surface area contributed by atoms with Crippen molar-refractivity contribution >= 4 is 17.8 Å². The number of aliphatic carboxylic acids is 1. The number of hydrogen-bond acceptors (Lipinski definition) is 3. The van der Waals surface area contributed by atoms with E-state index in [1.54, 1.807) is 0 Å². The first kappa shape index (κ1) is 9.95. The Balaban J connectivity index is 1.83. The molecule has 3 N–H and O–H groups in total. The van der Waals surface area contributed by atoms with Gasteiger partial charge in [0, 0.05) is 6.54 Å². The van der Waals surface area contributed by atoms with Crippen LogP contribution in [0.25, 0.3) is 0 Å². The molecule has 6 nitrogen and oxygen atoms in total. The monoisotopic (exact) mass is 212 g/mol. The Bertz CT molecular complexity index is 328. The van der Waals surface area contributed by atoms with E-state index < -0.39 is 23.8 Å². The Kier molecular flexibility index (Phi) is 2.34. The predicted molar refractivity (Wildman–Crippen MR) is 48.8 cm³/mol. The van der Waals surface area contributed by atoms with Gasteiger partial charge < -0.3 is 15.7 Å². The van der Waals surface area contributed by atoms with Crippen LogP contribution in [0.1, 0.15) is 12.8 Å². The van der Waals surface area contributed by atoms with Gasteiger partial charge in [0.25, 0.3) is 0 Å². The predicted octanol–water partition coefficient (Wildman–Crippen LogP) is -1.29. The number of hydrogen-bond donors (Lipinski definition) is 3. The van der Waals surface area contributed by atoms with Crippen LogP contribution in [0.4, 0.5) is 0 Å². The topological polar surface area (TPSA) is 95.5 Å². The van der Waals surface area contributed by atoms with Crippen LogP contribution in [-0.4, -0.2) is 35.5 Å². The molecule has 0 spiro atoms. The fourth-order valence-electron chi connectivity index (χ4n) is 1.77. The van der Waals surface area contributed by atoms with Crippen LogP contribution in [0.3, 0.4) is 0 Å². The van der Waals surface area contributed by atoms with E-state index in [1.165, 1.54) is 0 Å². The zero-order valence-electron chi connectivity index (χ0n) is 8.03. The lowest BCUT2D eigenvalue weighted by Gasteiger charge is -2.08. The summed E-state index contributed by atoms with van der Waals surface area (Å²) in [6.45, 7) is 0.566. The van der Waals surface area contributed by atoms with E-state index in [4.69, 9.17) is 5.11 Å². The van der Waals surface area contributed by atoms with Gasteiger partial charge in [-0.05, 0) is 12.8 Å². The van der Waals surface area contributed by atoms with Gasteiger partial charge in [0.15, 0.2) is 0 Å². The Hall–Kier alpha value is -1.59. The highest BCUT2D eigenvalue weighted by molar-refractivity contribution is 5.93. The second-order valence-electron chi connectivity index (χ2n) is 3.93. The second kappa shape index (κ2) is 3.52. The van der Waals surface area contributed by atoms with Crippen LogP contribution in [0, 0.1) is 11.8 Å². The van der Waals surface area contributed by atoms with Crippen molar-refractivity contribution in [1.82, 2.24) is 10.6 Å². The average molecular weight is 212 g/mol. The van der Waals surface area contributed by atoms with E-state index in [0.29, 0.717) is 19.4 Å². The Morgan fingerprint density at radius 1 is 1.40 bits per heavy atom. The van der Waals surface area contributed by atoms with E-state index in [0.717, 1.165) is 0 Å². The molecule has 0 aromatic rings. The van der Waals surface area contributed by atoms with Crippen LogP contribution in [0.15, 0.2) is 0 Å². The van der Waals surface area contributed by atoms with Gasteiger partial charge in [-0.15, -0.1) is 0 Å². The Morgan fingerprint density at radius 2 is 2.13 bits per heavy atom. The fraction of sp³-hybridized carbons (Fsp3) is 0.667. The molecule has 1 saturated carbocycles. The first-order valence-corrected chi connectivity index (χ1v) is 4.90. The highest BCUT2D eigenvalue weighted by Crippen LogP contribution is 2.38. The van der Waals surface area contributed by atoms with Gasteiger partial charge >= 0.3 is 5.97 Å². The molecule has 2 amide bonds. The maximum Gasteiger partial charge on any atom is 0.307 e. The van der Waals surface area contributed by atoms with E-state index in [-0.39, 0.29) is 11.8 Å². The van der Waals surface area contributed by atoms with E-state index in [1.807, 2.05) is 0 Å². The third-order valence-electron chi connectivity index (χ3n) is 2.81. The van der Waals surface area contributed by atoms with Gasteiger partial charge in [-0.1, -0.05) is 0 Å².